The summed E-state index contributed by atoms with van der Waals surface area (Å²) in [6.07, 6.45) is 3.68. The number of halogens is 1. The molecule has 0 spiro atoms. The molecule has 0 amide bonds. The average Bonchev–Trinajstić information content (AvgIpc) is 3.38. The van der Waals surface area contributed by atoms with Gasteiger partial charge in [0.25, 0.3) is 5.95 Å². The zero-order valence-corrected chi connectivity index (χ0v) is 16.5. The molecule has 3 aromatic rings. The normalized spacial score (nSPS) is 24.1. The number of nitrogens with one attached hydrogen (secondary N) is 2. The fourth-order valence-electron chi connectivity index (χ4n) is 4.74. The van der Waals surface area contributed by atoms with E-state index in [2.05, 4.69) is 31.8 Å². The minimum absolute atomic E-state index is 0.241. The summed E-state index contributed by atoms with van der Waals surface area (Å²) in [4.78, 5) is 19.5. The summed E-state index contributed by atoms with van der Waals surface area (Å²) in [5.41, 5.74) is 9.13. The number of allylic oxidation sites excluding steroid dienone is 1. The van der Waals surface area contributed by atoms with Gasteiger partial charge in [-0.1, -0.05) is 6.58 Å². The first-order chi connectivity index (χ1) is 14.0. The highest BCUT2D eigenvalue weighted by Gasteiger charge is 2.44. The van der Waals surface area contributed by atoms with Gasteiger partial charge in [-0.3, -0.25) is 0 Å². The summed E-state index contributed by atoms with van der Waals surface area (Å²) in [5, 5.41) is 4.65. The first-order valence-electron chi connectivity index (χ1n) is 9.89. The molecular weight excluding hydrogens is 369 g/mol. The summed E-state index contributed by atoms with van der Waals surface area (Å²) in [5.74, 6) is 1.32. The fraction of sp³-hybridized carbons (Fsp3) is 0.381. The van der Waals surface area contributed by atoms with Crippen LogP contribution in [0.2, 0.25) is 0 Å². The Kier molecular flexibility index (Phi) is 4.06. The molecule has 29 heavy (non-hydrogen) atoms. The van der Waals surface area contributed by atoms with Crippen LogP contribution in [0.3, 0.4) is 0 Å². The van der Waals surface area contributed by atoms with Crippen LogP contribution in [0, 0.1) is 11.7 Å². The molecule has 8 heteroatoms. The molecule has 3 unspecified atom stereocenters. The van der Waals surface area contributed by atoms with Crippen LogP contribution in [-0.2, 0) is 0 Å². The number of anilines is 2. The molecule has 4 N–H and O–H groups in total. The maximum absolute atomic E-state index is 14.3. The maximum atomic E-state index is 14.3. The van der Waals surface area contributed by atoms with Crippen molar-refractivity contribution in [3.05, 3.63) is 30.6 Å². The van der Waals surface area contributed by atoms with E-state index < -0.39 is 0 Å². The van der Waals surface area contributed by atoms with Crippen LogP contribution in [-0.4, -0.2) is 46.3 Å². The number of nitrogens with zero attached hydrogens (tertiary/aromatic N) is 4. The molecule has 1 saturated carbocycles. The van der Waals surface area contributed by atoms with Crippen LogP contribution in [0.1, 0.15) is 19.8 Å². The Morgan fingerprint density at radius 3 is 2.90 bits per heavy atom. The highest BCUT2D eigenvalue weighted by Crippen LogP contribution is 2.43. The van der Waals surface area contributed by atoms with Gasteiger partial charge in [-0.05, 0) is 43.9 Å². The average molecular weight is 393 g/mol. The van der Waals surface area contributed by atoms with Crippen molar-refractivity contribution >= 4 is 45.1 Å². The van der Waals surface area contributed by atoms with Gasteiger partial charge in [0.05, 0.1) is 16.6 Å². The SMILES string of the molecule is C=CC(C)=Nc1nc(N2CC3CC2CC3N)c2c(n1)[nH]c1c(NC)cc(F)cc12. The predicted octanol–water partition coefficient (Wildman–Crippen LogP) is 3.50. The van der Waals surface area contributed by atoms with Gasteiger partial charge in [0.1, 0.15) is 17.3 Å². The van der Waals surface area contributed by atoms with Crippen molar-refractivity contribution < 1.29 is 4.39 Å². The van der Waals surface area contributed by atoms with Crippen LogP contribution in [0.5, 0.6) is 0 Å². The van der Waals surface area contributed by atoms with Crippen molar-refractivity contribution in [2.45, 2.75) is 31.8 Å². The molecule has 2 fully saturated rings. The van der Waals surface area contributed by atoms with E-state index in [0.717, 1.165) is 47.2 Å². The van der Waals surface area contributed by atoms with Crippen LogP contribution in [0.4, 0.5) is 21.8 Å². The first kappa shape index (κ1) is 18.1. The number of rotatable bonds is 4. The van der Waals surface area contributed by atoms with Crippen LogP contribution in [0.25, 0.3) is 21.9 Å². The molecule has 5 rings (SSSR count). The Balaban J connectivity index is 1.79. The van der Waals surface area contributed by atoms with E-state index in [4.69, 9.17) is 10.7 Å². The monoisotopic (exact) mass is 393 g/mol. The minimum Gasteiger partial charge on any atom is -0.386 e. The lowest BCUT2D eigenvalue weighted by Crippen LogP contribution is -2.41. The van der Waals surface area contributed by atoms with Crippen molar-refractivity contribution in [2.75, 3.05) is 23.8 Å². The van der Waals surface area contributed by atoms with Gasteiger partial charge in [0.15, 0.2) is 0 Å². The summed E-state index contributed by atoms with van der Waals surface area (Å²) < 4.78 is 14.3. The number of fused-ring (bicyclic) bond motifs is 5. The number of hydrogen-bond acceptors (Lipinski definition) is 6. The highest BCUT2D eigenvalue weighted by molar-refractivity contribution is 6.15. The van der Waals surface area contributed by atoms with Gasteiger partial charge in [0.2, 0.25) is 0 Å². The van der Waals surface area contributed by atoms with E-state index in [-0.39, 0.29) is 11.9 Å². The number of piperidine rings is 1. The summed E-state index contributed by atoms with van der Waals surface area (Å²) in [6, 6.07) is 3.60. The lowest BCUT2D eigenvalue weighted by molar-refractivity contribution is 0.471. The smallest absolute Gasteiger partial charge is 0.253 e. The number of H-pyrrole nitrogens is 1. The number of hydrogen-bond donors (Lipinski definition) is 3. The largest absolute Gasteiger partial charge is 0.386 e. The molecule has 7 nitrogen and oxygen atoms in total. The first-order valence-corrected chi connectivity index (χ1v) is 9.89. The van der Waals surface area contributed by atoms with Crippen molar-refractivity contribution in [3.63, 3.8) is 0 Å². The van der Waals surface area contributed by atoms with Gasteiger partial charge in [-0.15, -0.1) is 0 Å². The molecule has 2 bridgehead atoms. The van der Waals surface area contributed by atoms with Crippen molar-refractivity contribution in [2.24, 2.45) is 16.6 Å². The number of benzene rings is 1. The van der Waals surface area contributed by atoms with Gasteiger partial charge >= 0.3 is 0 Å². The van der Waals surface area contributed by atoms with E-state index >= 15 is 0 Å². The van der Waals surface area contributed by atoms with Gasteiger partial charge in [0, 0.05) is 36.8 Å². The van der Waals surface area contributed by atoms with E-state index in [1.165, 1.54) is 6.07 Å². The minimum atomic E-state index is -0.303. The molecule has 1 aliphatic carbocycles. The number of aromatic nitrogens is 3. The Labute approximate surface area is 167 Å². The standard InChI is InChI=1S/C21H24FN7/c1-4-10(2)25-21-27-19-17(14-6-12(22)7-16(24-3)18(14)26-19)20(28-21)29-9-11-5-13(29)8-15(11)23/h4,6-7,11,13,15,24H,1,5,8-9,23H2,2-3H3,(H,26,27,28). The molecule has 3 heterocycles. The summed E-state index contributed by atoms with van der Waals surface area (Å²) >= 11 is 0. The zero-order valence-electron chi connectivity index (χ0n) is 16.5. The van der Waals surface area contributed by atoms with Crippen molar-refractivity contribution in [3.8, 4) is 0 Å². The molecular formula is C21H24FN7. The molecule has 1 aliphatic heterocycles. The second kappa shape index (κ2) is 6.52. The third-order valence-corrected chi connectivity index (χ3v) is 6.20. The summed E-state index contributed by atoms with van der Waals surface area (Å²) in [7, 11) is 1.77. The molecule has 150 valence electrons. The van der Waals surface area contributed by atoms with Gasteiger partial charge in [-0.25, -0.2) is 9.38 Å². The lowest BCUT2D eigenvalue weighted by Gasteiger charge is -2.31. The third kappa shape index (κ3) is 2.78. The van der Waals surface area contributed by atoms with Crippen LogP contribution in [0.15, 0.2) is 29.8 Å². The van der Waals surface area contributed by atoms with Gasteiger partial charge in [-0.2, -0.15) is 9.97 Å². The zero-order chi connectivity index (χ0) is 20.3. The second-order valence-electron chi connectivity index (χ2n) is 7.98. The Morgan fingerprint density at radius 1 is 1.41 bits per heavy atom. The lowest BCUT2D eigenvalue weighted by atomic mass is 10.0. The van der Waals surface area contributed by atoms with Crippen molar-refractivity contribution in [1.29, 1.82) is 0 Å². The quantitative estimate of drug-likeness (QED) is 0.590. The summed E-state index contributed by atoms with van der Waals surface area (Å²) in [6.45, 7) is 6.46. The van der Waals surface area contributed by atoms with E-state index in [1.807, 2.05) is 6.92 Å². The molecule has 3 atom stereocenters. The third-order valence-electron chi connectivity index (χ3n) is 6.20. The van der Waals surface area contributed by atoms with Gasteiger partial charge < -0.3 is 20.9 Å². The van der Waals surface area contributed by atoms with E-state index in [1.54, 1.807) is 19.2 Å². The molecule has 0 radical (unpaired) electrons. The Hall–Kier alpha value is -3.00. The molecule has 1 aromatic carbocycles. The Morgan fingerprint density at radius 2 is 2.24 bits per heavy atom. The molecule has 2 aliphatic rings. The van der Waals surface area contributed by atoms with Crippen LogP contribution < -0.4 is 16.0 Å². The molecule has 1 saturated heterocycles. The predicted molar refractivity (Wildman–Crippen MR) is 116 cm³/mol. The number of aliphatic imine (C=N–C) groups is 1. The van der Waals surface area contributed by atoms with Crippen LogP contribution >= 0.6 is 0 Å². The fourth-order valence-corrected chi connectivity index (χ4v) is 4.74. The second-order valence-corrected chi connectivity index (χ2v) is 7.98. The Bertz CT molecular complexity index is 1160. The number of nitrogens with two attached hydrogens (primary N) is 1. The van der Waals surface area contributed by atoms with Crippen molar-refractivity contribution in [1.82, 2.24) is 15.0 Å². The topological polar surface area (TPSA) is 95.2 Å². The molecule has 2 aromatic heterocycles. The van der Waals surface area contributed by atoms with E-state index in [9.17, 15) is 4.39 Å². The maximum Gasteiger partial charge on any atom is 0.253 e. The van der Waals surface area contributed by atoms with E-state index in [0.29, 0.717) is 29.2 Å². The highest BCUT2D eigenvalue weighted by atomic mass is 19.1. The number of aromatic amines is 1.